The number of ether oxygens (including phenoxy) is 1. The van der Waals surface area contributed by atoms with E-state index in [-0.39, 0.29) is 12.0 Å². The van der Waals surface area contributed by atoms with Crippen molar-refractivity contribution in [3.63, 3.8) is 0 Å². The Bertz CT molecular complexity index is 583. The number of aromatic nitrogens is 2. The fraction of sp³-hybridized carbons (Fsp3) is 0.429. The van der Waals surface area contributed by atoms with Crippen molar-refractivity contribution in [2.24, 2.45) is 7.05 Å². The molecular weight excluding hydrogens is 258 g/mol. The van der Waals surface area contributed by atoms with E-state index in [1.807, 2.05) is 6.07 Å². The van der Waals surface area contributed by atoms with Crippen LogP contribution >= 0.6 is 0 Å². The third kappa shape index (κ3) is 2.60. The van der Waals surface area contributed by atoms with Gasteiger partial charge in [0, 0.05) is 26.3 Å². The molecule has 106 valence electrons. The van der Waals surface area contributed by atoms with Gasteiger partial charge in [0.05, 0.1) is 12.4 Å². The lowest BCUT2D eigenvalue weighted by Gasteiger charge is -2.10. The number of nitrogens with one attached hydrogen (secondary N) is 1. The van der Waals surface area contributed by atoms with E-state index in [4.69, 9.17) is 9.15 Å². The average Bonchev–Trinajstić information content (AvgIpc) is 3.17. The molecule has 3 rings (SSSR count). The zero-order chi connectivity index (χ0) is 13.9. The Hall–Kier alpha value is -2.08. The van der Waals surface area contributed by atoms with Crippen LogP contribution < -0.4 is 5.32 Å². The van der Waals surface area contributed by atoms with Gasteiger partial charge in [-0.05, 0) is 25.0 Å². The Balaban J connectivity index is 1.68. The van der Waals surface area contributed by atoms with Crippen LogP contribution in [0.3, 0.4) is 0 Å². The lowest BCUT2D eigenvalue weighted by atomic mass is 10.2. The molecule has 0 bridgehead atoms. The van der Waals surface area contributed by atoms with Crippen LogP contribution in [0, 0.1) is 0 Å². The molecule has 6 nitrogen and oxygen atoms in total. The SMILES string of the molecule is Cn1nc(-c2ccco2)cc1C(=O)NCC1CCCO1. The summed E-state index contributed by atoms with van der Waals surface area (Å²) in [6.07, 6.45) is 3.79. The van der Waals surface area contributed by atoms with Gasteiger partial charge in [-0.3, -0.25) is 9.48 Å². The second-order valence-corrected chi connectivity index (χ2v) is 4.86. The monoisotopic (exact) mass is 275 g/mol. The molecule has 1 amide bonds. The number of hydrogen-bond donors (Lipinski definition) is 1. The molecule has 1 aliphatic heterocycles. The minimum absolute atomic E-state index is 0.136. The van der Waals surface area contributed by atoms with Crippen molar-refractivity contribution in [3.05, 3.63) is 30.2 Å². The van der Waals surface area contributed by atoms with Crippen LogP contribution in [-0.4, -0.2) is 34.9 Å². The molecule has 6 heteroatoms. The summed E-state index contributed by atoms with van der Waals surface area (Å²) in [4.78, 5) is 12.1. The number of carbonyl (C=O) groups is 1. The number of furan rings is 1. The zero-order valence-corrected chi connectivity index (χ0v) is 11.3. The van der Waals surface area contributed by atoms with Gasteiger partial charge in [-0.15, -0.1) is 0 Å². The van der Waals surface area contributed by atoms with E-state index in [0.717, 1.165) is 19.4 Å². The maximum absolute atomic E-state index is 12.1. The molecule has 1 saturated heterocycles. The van der Waals surface area contributed by atoms with Crippen LogP contribution in [-0.2, 0) is 11.8 Å². The van der Waals surface area contributed by atoms with Crippen LogP contribution in [0.5, 0.6) is 0 Å². The van der Waals surface area contributed by atoms with Gasteiger partial charge >= 0.3 is 0 Å². The second kappa shape index (κ2) is 5.50. The molecule has 2 aromatic rings. The molecule has 20 heavy (non-hydrogen) atoms. The van der Waals surface area contributed by atoms with Crippen LogP contribution in [0.15, 0.2) is 28.9 Å². The van der Waals surface area contributed by atoms with Gasteiger partial charge < -0.3 is 14.5 Å². The first-order valence-electron chi connectivity index (χ1n) is 6.72. The van der Waals surface area contributed by atoms with E-state index < -0.39 is 0 Å². The van der Waals surface area contributed by atoms with E-state index >= 15 is 0 Å². The average molecular weight is 275 g/mol. The molecule has 1 unspecified atom stereocenters. The number of amides is 1. The predicted octanol–water partition coefficient (Wildman–Crippen LogP) is 1.59. The van der Waals surface area contributed by atoms with Crippen molar-refractivity contribution in [2.45, 2.75) is 18.9 Å². The third-order valence-electron chi connectivity index (χ3n) is 3.40. The first-order chi connectivity index (χ1) is 9.74. The largest absolute Gasteiger partial charge is 0.463 e. The second-order valence-electron chi connectivity index (χ2n) is 4.86. The van der Waals surface area contributed by atoms with Gasteiger partial charge in [-0.2, -0.15) is 5.10 Å². The van der Waals surface area contributed by atoms with Gasteiger partial charge in [0.2, 0.25) is 0 Å². The molecule has 2 aromatic heterocycles. The standard InChI is InChI=1S/C14H17N3O3/c1-17-12(8-11(16-17)13-5-3-7-20-13)14(18)15-9-10-4-2-6-19-10/h3,5,7-8,10H,2,4,6,9H2,1H3,(H,15,18). The molecule has 0 saturated carbocycles. The first kappa shape index (κ1) is 12.9. The maximum atomic E-state index is 12.1. The highest BCUT2D eigenvalue weighted by Crippen LogP contribution is 2.19. The fourth-order valence-corrected chi connectivity index (χ4v) is 2.33. The lowest BCUT2D eigenvalue weighted by Crippen LogP contribution is -2.32. The number of hydrogen-bond acceptors (Lipinski definition) is 4. The summed E-state index contributed by atoms with van der Waals surface area (Å²) in [5, 5.41) is 7.17. The number of nitrogens with zero attached hydrogens (tertiary/aromatic N) is 2. The van der Waals surface area contributed by atoms with Crippen LogP contribution in [0.1, 0.15) is 23.3 Å². The van der Waals surface area contributed by atoms with Crippen molar-refractivity contribution in [1.29, 1.82) is 0 Å². The normalized spacial score (nSPS) is 18.4. The Morgan fingerprint density at radius 2 is 2.50 bits per heavy atom. The van der Waals surface area contributed by atoms with Gasteiger partial charge in [0.1, 0.15) is 11.4 Å². The van der Waals surface area contributed by atoms with Crippen molar-refractivity contribution in [3.8, 4) is 11.5 Å². The molecule has 0 spiro atoms. The summed E-state index contributed by atoms with van der Waals surface area (Å²) < 4.78 is 12.3. The van der Waals surface area contributed by atoms with Crippen LogP contribution in [0.4, 0.5) is 0 Å². The van der Waals surface area contributed by atoms with Gasteiger partial charge in [-0.25, -0.2) is 0 Å². The highest BCUT2D eigenvalue weighted by atomic mass is 16.5. The van der Waals surface area contributed by atoms with E-state index in [1.165, 1.54) is 0 Å². The summed E-state index contributed by atoms with van der Waals surface area (Å²) in [5.74, 6) is 0.507. The van der Waals surface area contributed by atoms with E-state index in [1.54, 1.807) is 30.1 Å². The van der Waals surface area contributed by atoms with Gasteiger partial charge in [0.25, 0.3) is 5.91 Å². The fourth-order valence-electron chi connectivity index (χ4n) is 2.33. The quantitative estimate of drug-likeness (QED) is 0.920. The van der Waals surface area contributed by atoms with E-state index in [2.05, 4.69) is 10.4 Å². The molecule has 1 fully saturated rings. The van der Waals surface area contributed by atoms with Crippen molar-refractivity contribution in [1.82, 2.24) is 15.1 Å². The number of aryl methyl sites for hydroxylation is 1. The molecule has 0 aromatic carbocycles. The predicted molar refractivity (Wildman–Crippen MR) is 72.2 cm³/mol. The number of rotatable bonds is 4. The highest BCUT2D eigenvalue weighted by molar-refractivity contribution is 5.93. The molecule has 0 aliphatic carbocycles. The van der Waals surface area contributed by atoms with Crippen molar-refractivity contribution in [2.75, 3.05) is 13.2 Å². The zero-order valence-electron chi connectivity index (χ0n) is 11.3. The van der Waals surface area contributed by atoms with Crippen molar-refractivity contribution >= 4 is 5.91 Å². The summed E-state index contributed by atoms with van der Waals surface area (Å²) in [6.45, 7) is 1.33. The Labute approximate surface area is 116 Å². The summed E-state index contributed by atoms with van der Waals surface area (Å²) >= 11 is 0. The Morgan fingerprint density at radius 3 is 3.20 bits per heavy atom. The number of carbonyl (C=O) groups excluding carboxylic acids is 1. The molecule has 1 aliphatic rings. The molecule has 3 heterocycles. The topological polar surface area (TPSA) is 69.3 Å². The highest BCUT2D eigenvalue weighted by Gasteiger charge is 2.19. The van der Waals surface area contributed by atoms with Crippen LogP contribution in [0.25, 0.3) is 11.5 Å². The van der Waals surface area contributed by atoms with Gasteiger partial charge in [-0.1, -0.05) is 0 Å². The molecule has 1 N–H and O–H groups in total. The molecular formula is C14H17N3O3. The minimum Gasteiger partial charge on any atom is -0.463 e. The van der Waals surface area contributed by atoms with Gasteiger partial charge in [0.15, 0.2) is 5.76 Å². The summed E-state index contributed by atoms with van der Waals surface area (Å²) in [7, 11) is 1.74. The van der Waals surface area contributed by atoms with Crippen LogP contribution in [0.2, 0.25) is 0 Å². The maximum Gasteiger partial charge on any atom is 0.269 e. The smallest absolute Gasteiger partial charge is 0.269 e. The van der Waals surface area contributed by atoms with E-state index in [9.17, 15) is 4.79 Å². The minimum atomic E-state index is -0.145. The Morgan fingerprint density at radius 1 is 1.60 bits per heavy atom. The first-order valence-corrected chi connectivity index (χ1v) is 6.72. The van der Waals surface area contributed by atoms with E-state index in [0.29, 0.717) is 23.7 Å². The third-order valence-corrected chi connectivity index (χ3v) is 3.40. The van der Waals surface area contributed by atoms with Crippen molar-refractivity contribution < 1.29 is 13.9 Å². The molecule has 0 radical (unpaired) electrons. The lowest BCUT2D eigenvalue weighted by molar-refractivity contribution is 0.0850. The summed E-state index contributed by atoms with van der Waals surface area (Å²) in [5.41, 5.74) is 1.16. The molecule has 1 atom stereocenters. The Kier molecular flexibility index (Phi) is 3.56. The summed E-state index contributed by atoms with van der Waals surface area (Å²) in [6, 6.07) is 5.33.